The van der Waals surface area contributed by atoms with Crippen molar-refractivity contribution in [3.8, 4) is 0 Å². The molecule has 17 heteroatoms. The number of halogens is 16. The van der Waals surface area contributed by atoms with Crippen LogP contribution in [0.15, 0.2) is 9.66 Å². The first kappa shape index (κ1) is 27.4. The zero-order valence-electron chi connectivity index (χ0n) is 12.5. The van der Waals surface area contributed by atoms with Crippen molar-refractivity contribution in [2.45, 2.75) is 48.1 Å². The topological polar surface area (TPSA) is 20.2 Å². The van der Waals surface area contributed by atoms with Crippen LogP contribution in [0, 0.1) is 0 Å². The highest BCUT2D eigenvalue weighted by Gasteiger charge is 2.93. The monoisotopic (exact) mass is 566 g/mol. The van der Waals surface area contributed by atoms with Gasteiger partial charge in [-0.25, -0.2) is 0 Å². The third kappa shape index (κ3) is 4.00. The summed E-state index contributed by atoms with van der Waals surface area (Å²) in [5.41, 5.74) is 0. The molecular weight excluding hydrogens is 560 g/mol. The van der Waals surface area contributed by atoms with Gasteiger partial charge in [-0.2, -0.15) is 65.9 Å². The van der Waals surface area contributed by atoms with Crippen molar-refractivity contribution in [1.29, 1.82) is 0 Å². The van der Waals surface area contributed by atoms with Crippen molar-refractivity contribution in [3.63, 3.8) is 0 Å². The van der Waals surface area contributed by atoms with Crippen molar-refractivity contribution in [2.24, 2.45) is 0 Å². The van der Waals surface area contributed by atoms with Crippen LogP contribution in [0.5, 0.6) is 0 Å². The van der Waals surface area contributed by atoms with E-state index in [4.69, 9.17) is 5.11 Å². The van der Waals surface area contributed by atoms with E-state index in [0.29, 0.717) is 0 Å². The van der Waals surface area contributed by atoms with Gasteiger partial charge in [-0.3, -0.25) is 0 Å². The number of rotatable bonds is 8. The predicted molar refractivity (Wildman–Crippen MR) is 69.5 cm³/mol. The molecule has 0 unspecified atom stereocenters. The summed E-state index contributed by atoms with van der Waals surface area (Å²) in [6, 6.07) is 0. The van der Waals surface area contributed by atoms with Gasteiger partial charge in [-0.05, 0) is 26.2 Å². The van der Waals surface area contributed by atoms with Gasteiger partial charge in [-0.15, -0.1) is 0 Å². The molecule has 0 aromatic carbocycles. The van der Waals surface area contributed by atoms with Crippen LogP contribution < -0.4 is 0 Å². The summed E-state index contributed by atoms with van der Waals surface area (Å²) in [7, 11) is 0. The molecule has 0 saturated heterocycles. The van der Waals surface area contributed by atoms with Crippen LogP contribution in [0.3, 0.4) is 0 Å². The van der Waals surface area contributed by atoms with Gasteiger partial charge in [0.2, 0.25) is 0 Å². The molecule has 168 valence electrons. The van der Waals surface area contributed by atoms with Crippen LogP contribution in [0.4, 0.5) is 65.9 Å². The van der Waals surface area contributed by atoms with Crippen molar-refractivity contribution >= 4 is 22.6 Å². The molecule has 0 heterocycles. The molecule has 0 bridgehead atoms. The number of allylic oxidation sites excluding steroid dienone is 1. The summed E-state index contributed by atoms with van der Waals surface area (Å²) in [6.07, 6.45) is -9.70. The van der Waals surface area contributed by atoms with Gasteiger partial charge in [0.25, 0.3) is 0 Å². The Balaban J connectivity index is 6.51. The van der Waals surface area contributed by atoms with E-state index in [0.717, 1.165) is 22.6 Å². The minimum absolute atomic E-state index is 0.734. The standard InChI is InChI=1S/C11H6F15IO/c12-5(13,3-4(27)1-2-28)6(14,15)7(16,17)8(18,19)9(20,21)10(22,23)11(24,25)26/h3,28H,1-2H2. The number of aliphatic hydroxyl groups excluding tert-OH is 1. The maximum atomic E-state index is 13.3. The molecule has 28 heavy (non-hydrogen) atoms. The number of aliphatic hydroxyl groups is 1. The first-order valence-electron chi connectivity index (χ1n) is 6.27. The van der Waals surface area contributed by atoms with E-state index < -0.39 is 64.4 Å². The first-order chi connectivity index (χ1) is 12.0. The minimum atomic E-state index is -8.29. The maximum Gasteiger partial charge on any atom is 0.460 e. The third-order valence-electron chi connectivity index (χ3n) is 3.04. The Morgan fingerprint density at radius 3 is 1.25 bits per heavy atom. The van der Waals surface area contributed by atoms with Crippen molar-refractivity contribution in [1.82, 2.24) is 0 Å². The second-order valence-electron chi connectivity index (χ2n) is 5.06. The van der Waals surface area contributed by atoms with Crippen molar-refractivity contribution in [3.05, 3.63) is 9.66 Å². The lowest BCUT2D eigenvalue weighted by molar-refractivity contribution is -0.449. The van der Waals surface area contributed by atoms with Gasteiger partial charge in [0.1, 0.15) is 0 Å². The van der Waals surface area contributed by atoms with Gasteiger partial charge in [0.05, 0.1) is 0 Å². The molecule has 0 aliphatic heterocycles. The van der Waals surface area contributed by atoms with Crippen LogP contribution in [0.2, 0.25) is 0 Å². The largest absolute Gasteiger partial charge is 0.460 e. The molecule has 0 spiro atoms. The summed E-state index contributed by atoms with van der Waals surface area (Å²) in [4.78, 5) is 0. The fourth-order valence-electron chi connectivity index (χ4n) is 1.45. The summed E-state index contributed by atoms with van der Waals surface area (Å²) >= 11 is 0.734. The van der Waals surface area contributed by atoms with Crippen LogP contribution in [-0.2, 0) is 0 Å². The molecule has 0 aliphatic carbocycles. The highest BCUT2D eigenvalue weighted by molar-refractivity contribution is 14.1. The molecule has 1 N–H and O–H groups in total. The Kier molecular flexibility index (Phi) is 7.40. The molecule has 0 rings (SSSR count). The van der Waals surface area contributed by atoms with Gasteiger partial charge in [-0.1, -0.05) is 0 Å². The van der Waals surface area contributed by atoms with E-state index in [1.807, 2.05) is 0 Å². The third-order valence-corrected chi connectivity index (χ3v) is 3.89. The fraction of sp³-hybridized carbons (Fsp3) is 0.818. The van der Waals surface area contributed by atoms with Crippen LogP contribution in [0.25, 0.3) is 0 Å². The predicted octanol–water partition coefficient (Wildman–Crippen LogP) is 6.06. The second kappa shape index (κ2) is 7.57. The van der Waals surface area contributed by atoms with E-state index in [1.54, 1.807) is 0 Å². The van der Waals surface area contributed by atoms with Gasteiger partial charge in [0.15, 0.2) is 0 Å². The van der Waals surface area contributed by atoms with E-state index in [-0.39, 0.29) is 0 Å². The van der Waals surface area contributed by atoms with Gasteiger partial charge >= 0.3 is 41.7 Å². The number of hydrogen-bond donors (Lipinski definition) is 1. The average molecular weight is 566 g/mol. The molecule has 0 saturated carbocycles. The second-order valence-corrected chi connectivity index (χ2v) is 6.44. The van der Waals surface area contributed by atoms with E-state index in [2.05, 4.69) is 0 Å². The molecule has 0 aliphatic rings. The van der Waals surface area contributed by atoms with Crippen molar-refractivity contribution < 1.29 is 71.0 Å². The van der Waals surface area contributed by atoms with Crippen LogP contribution >= 0.6 is 22.6 Å². The van der Waals surface area contributed by atoms with E-state index in [9.17, 15) is 65.9 Å². The summed E-state index contributed by atoms with van der Waals surface area (Å²) in [5, 5.41) is 8.36. The summed E-state index contributed by atoms with van der Waals surface area (Å²) in [5.74, 6) is -46.6. The lowest BCUT2D eigenvalue weighted by Crippen LogP contribution is -2.72. The van der Waals surface area contributed by atoms with Crippen molar-refractivity contribution in [2.75, 3.05) is 6.61 Å². The van der Waals surface area contributed by atoms with E-state index >= 15 is 0 Å². The van der Waals surface area contributed by atoms with Gasteiger partial charge in [0, 0.05) is 19.1 Å². The molecular formula is C11H6F15IO. The SMILES string of the molecule is OCCC(I)=CC(F)(F)C(F)(F)C(F)(F)C(F)(F)C(F)(F)C(F)(F)C(F)(F)F. The Morgan fingerprint density at radius 2 is 0.929 bits per heavy atom. The molecule has 0 aromatic heterocycles. The zero-order valence-corrected chi connectivity index (χ0v) is 14.6. The van der Waals surface area contributed by atoms with Crippen LogP contribution in [-0.4, -0.2) is 53.4 Å². The number of hydrogen-bond acceptors (Lipinski definition) is 1. The minimum Gasteiger partial charge on any atom is -0.396 e. The Hall–Kier alpha value is -0.620. The molecule has 0 amide bonds. The molecule has 1 nitrogen and oxygen atoms in total. The lowest BCUT2D eigenvalue weighted by atomic mass is 9.91. The highest BCUT2D eigenvalue weighted by atomic mass is 127. The lowest BCUT2D eigenvalue weighted by Gasteiger charge is -2.41. The zero-order chi connectivity index (χ0) is 23.2. The normalized spacial score (nSPS) is 16.5. The van der Waals surface area contributed by atoms with Gasteiger partial charge < -0.3 is 5.11 Å². The Bertz CT molecular complexity index is 591. The first-order valence-corrected chi connectivity index (χ1v) is 7.35. The quantitative estimate of drug-likeness (QED) is 0.280. The van der Waals surface area contributed by atoms with E-state index in [1.165, 1.54) is 0 Å². The molecule has 0 radical (unpaired) electrons. The molecule has 0 fully saturated rings. The molecule has 0 aromatic rings. The molecule has 0 atom stereocenters. The summed E-state index contributed by atoms with van der Waals surface area (Å²) in [6.45, 7) is -1.04. The number of alkyl halides is 15. The maximum absolute atomic E-state index is 13.3. The highest BCUT2D eigenvalue weighted by Crippen LogP contribution is 2.62. The fourth-order valence-corrected chi connectivity index (χ4v) is 2.08. The summed E-state index contributed by atoms with van der Waals surface area (Å²) < 4.78 is 192. The Morgan fingerprint density at radius 1 is 0.607 bits per heavy atom. The smallest absolute Gasteiger partial charge is 0.396 e. The Labute approximate surface area is 158 Å². The van der Waals surface area contributed by atoms with Crippen LogP contribution in [0.1, 0.15) is 6.42 Å². The average Bonchev–Trinajstić information content (AvgIpc) is 2.44.